The Labute approximate surface area is 511 Å². The third-order valence-electron chi connectivity index (χ3n) is 14.6. The SMILES string of the molecule is C[C@@H](OC[C@@]1(c2ccccc2)CCC([N+](=O)[O-])=CN1C(=O)OCc1ccccc1)c1cc(C(F)(F)F)cc(C(F)(F)F)c1.C[C@@H](OC[C@@]1(c2ccccc2)CCC([N+](=O)[O-])CN1C(=O)OCc1ccccc1)c1cc(C(F)(F)F)cc(C(F)(F)F)c1.[B].[H-].[Li+]. The van der Waals surface area contributed by atoms with Gasteiger partial charge in [-0.05, 0) is 96.5 Å². The standard InChI is InChI=1S/C30H28F6N2O5.C30H26F6N2O5.B.Li.H/c2*1-20(22-14-24(29(31,32)33)16-25(15-22)30(34,35)36)43-19-28(23-10-6-3-7-11-23)13-12-26(38(40)41)17-37(28)27(39)42-18-21-8-4-2-5-9-21;;;/h2-11,14-16,20,26H,12-13,17-19H2,1H3;2-11,14-17,20H,12-13,18-19H2,1H3;;;/q;;;+1;-1/t20-,26?,28-;20-,28-;;;/m11.../s1. The van der Waals surface area contributed by atoms with Gasteiger partial charge in [0, 0.05) is 26.2 Å². The maximum atomic E-state index is 13.5. The molecule has 2 aliphatic heterocycles. The van der Waals surface area contributed by atoms with E-state index in [1.807, 2.05) is 0 Å². The largest absolute Gasteiger partial charge is 1.00 e. The van der Waals surface area contributed by atoms with Crippen molar-refractivity contribution in [2.24, 2.45) is 0 Å². The fraction of sp³-hybridized carbons (Fsp3) is 0.333. The first kappa shape index (κ1) is 70.9. The molecule has 0 saturated carbocycles. The van der Waals surface area contributed by atoms with Gasteiger partial charge in [-0.15, -0.1) is 0 Å². The Kier molecular flexibility index (Phi) is 23.7. The minimum Gasteiger partial charge on any atom is -1.00 e. The average Bonchev–Trinajstić information content (AvgIpc) is 2.64. The monoisotopic (exact) mass is 1240 g/mol. The molecule has 28 heteroatoms. The number of amides is 2. The average molecular weight is 1240 g/mol. The van der Waals surface area contributed by atoms with E-state index >= 15 is 0 Å². The number of benzene rings is 6. The third kappa shape index (κ3) is 17.7. The van der Waals surface area contributed by atoms with Gasteiger partial charge in [0.05, 0.1) is 76.4 Å². The molecule has 0 N–H and O–H groups in total. The van der Waals surface area contributed by atoms with E-state index in [0.717, 1.165) is 11.1 Å². The first-order valence-electron chi connectivity index (χ1n) is 26.3. The molecule has 2 heterocycles. The van der Waals surface area contributed by atoms with Crippen molar-refractivity contribution < 1.29 is 111 Å². The van der Waals surface area contributed by atoms with Crippen LogP contribution in [0.4, 0.5) is 62.3 Å². The molecule has 1 fully saturated rings. The van der Waals surface area contributed by atoms with Crippen LogP contribution in [0, 0.1) is 20.2 Å². The van der Waals surface area contributed by atoms with Gasteiger partial charge in [0.2, 0.25) is 6.04 Å². The summed E-state index contributed by atoms with van der Waals surface area (Å²) < 4.78 is 185. The van der Waals surface area contributed by atoms with Gasteiger partial charge in [-0.1, -0.05) is 121 Å². The second kappa shape index (κ2) is 29.4. The number of hydrogen-bond acceptors (Lipinski definition) is 10. The number of allylic oxidation sites excluding steroid dienone is 1. The van der Waals surface area contributed by atoms with Crippen molar-refractivity contribution in [2.45, 2.75) is 107 Å². The molecule has 6 aromatic rings. The second-order valence-electron chi connectivity index (χ2n) is 20.3. The fourth-order valence-corrected chi connectivity index (χ4v) is 9.87. The second-order valence-corrected chi connectivity index (χ2v) is 20.3. The van der Waals surface area contributed by atoms with E-state index in [4.69, 9.17) is 18.9 Å². The van der Waals surface area contributed by atoms with Crippen LogP contribution < -0.4 is 18.9 Å². The van der Waals surface area contributed by atoms with Gasteiger partial charge >= 0.3 is 55.8 Å². The Bertz CT molecular complexity index is 3300. The number of nitrogens with zero attached hydrogens (tertiary/aromatic N) is 4. The molecule has 6 aromatic carbocycles. The summed E-state index contributed by atoms with van der Waals surface area (Å²) in [5.41, 5.74) is -7.52. The first-order valence-corrected chi connectivity index (χ1v) is 26.3. The summed E-state index contributed by atoms with van der Waals surface area (Å²) in [6.07, 6.45) is -23.7. The zero-order valence-electron chi connectivity index (χ0n) is 48.2. The van der Waals surface area contributed by atoms with E-state index in [0.29, 0.717) is 46.5 Å². The Morgan fingerprint density at radius 3 is 1.31 bits per heavy atom. The van der Waals surface area contributed by atoms with Crippen LogP contribution in [-0.2, 0) is 67.9 Å². The number of rotatable bonds is 16. The molecule has 5 atom stereocenters. The van der Waals surface area contributed by atoms with Crippen molar-refractivity contribution in [2.75, 3.05) is 19.8 Å². The van der Waals surface area contributed by atoms with Crippen molar-refractivity contribution in [1.29, 1.82) is 0 Å². The van der Waals surface area contributed by atoms with E-state index in [-0.39, 0.29) is 110 Å². The molecule has 14 nitrogen and oxygen atoms in total. The molecule has 1 saturated heterocycles. The topological polar surface area (TPSA) is 164 Å². The molecular weight excluding hydrogens is 1180 g/mol. The quantitative estimate of drug-likeness (QED) is 0.0394. The predicted octanol–water partition coefficient (Wildman–Crippen LogP) is 12.8. The molecule has 0 spiro atoms. The van der Waals surface area contributed by atoms with Crippen LogP contribution in [0.1, 0.15) is 109 Å². The van der Waals surface area contributed by atoms with Crippen molar-refractivity contribution in [1.82, 2.24) is 9.80 Å². The fourth-order valence-electron chi connectivity index (χ4n) is 9.87. The van der Waals surface area contributed by atoms with Gasteiger partial charge in [0.25, 0.3) is 5.70 Å². The van der Waals surface area contributed by atoms with E-state index in [2.05, 4.69) is 0 Å². The van der Waals surface area contributed by atoms with E-state index in [9.17, 15) is 82.5 Å². The van der Waals surface area contributed by atoms with Crippen LogP contribution in [0.3, 0.4) is 0 Å². The minimum absolute atomic E-state index is 0. The van der Waals surface area contributed by atoms with Crippen LogP contribution in [0.25, 0.3) is 0 Å². The summed E-state index contributed by atoms with van der Waals surface area (Å²) in [6.45, 7) is 1.12. The smallest absolute Gasteiger partial charge is 1.00 e. The Morgan fingerprint density at radius 2 is 0.932 bits per heavy atom. The summed E-state index contributed by atoms with van der Waals surface area (Å²) in [6, 6.07) is 35.3. The van der Waals surface area contributed by atoms with E-state index < -0.39 is 105 Å². The number of nitro groups is 2. The number of alkyl halides is 12. The molecular formula is C60H55BF12LiN4O10. The number of carbonyl (C=O) groups excluding carboxylic acids is 2. The maximum absolute atomic E-state index is 13.5. The predicted molar refractivity (Wildman–Crippen MR) is 291 cm³/mol. The molecule has 463 valence electrons. The van der Waals surface area contributed by atoms with E-state index in [1.54, 1.807) is 121 Å². The first-order chi connectivity index (χ1) is 40.4. The van der Waals surface area contributed by atoms with Crippen molar-refractivity contribution in [3.8, 4) is 0 Å². The van der Waals surface area contributed by atoms with Crippen LogP contribution >= 0.6 is 0 Å². The number of likely N-dealkylation sites (tertiary alicyclic amines) is 1. The van der Waals surface area contributed by atoms with Crippen LogP contribution in [-0.4, -0.2) is 66.0 Å². The van der Waals surface area contributed by atoms with Crippen molar-refractivity contribution >= 4 is 20.6 Å². The maximum Gasteiger partial charge on any atom is 1.00 e. The summed E-state index contributed by atoms with van der Waals surface area (Å²) in [7, 11) is 0. The van der Waals surface area contributed by atoms with Crippen molar-refractivity contribution in [3.63, 3.8) is 0 Å². The van der Waals surface area contributed by atoms with Gasteiger partial charge in [-0.25, -0.2) is 9.59 Å². The van der Waals surface area contributed by atoms with Crippen LogP contribution in [0.15, 0.2) is 170 Å². The Hall–Kier alpha value is -7.86. The number of ether oxygens (including phenoxy) is 4. The Morgan fingerprint density at radius 1 is 0.568 bits per heavy atom. The molecule has 2 aliphatic rings. The summed E-state index contributed by atoms with van der Waals surface area (Å²) in [4.78, 5) is 51.5. The number of carbonyl (C=O) groups is 2. The molecule has 1 unspecified atom stereocenters. The number of hydrogen-bond donors (Lipinski definition) is 0. The number of piperidine rings is 1. The van der Waals surface area contributed by atoms with Gasteiger partial charge < -0.3 is 20.4 Å². The third-order valence-corrected chi connectivity index (χ3v) is 14.6. The molecule has 88 heavy (non-hydrogen) atoms. The van der Waals surface area contributed by atoms with Crippen molar-refractivity contribution in [3.05, 3.63) is 245 Å². The van der Waals surface area contributed by atoms with Gasteiger partial charge in [-0.2, -0.15) is 52.7 Å². The minimum atomic E-state index is -5.05. The zero-order chi connectivity index (χ0) is 62.8. The zero-order valence-corrected chi connectivity index (χ0v) is 47.2. The summed E-state index contributed by atoms with van der Waals surface area (Å²) in [5, 5.41) is 23.4. The summed E-state index contributed by atoms with van der Waals surface area (Å²) in [5.74, 6) is 0. The molecule has 0 aromatic heterocycles. The van der Waals surface area contributed by atoms with Gasteiger partial charge in [0.1, 0.15) is 13.2 Å². The molecule has 0 aliphatic carbocycles. The molecule has 2 amide bonds. The van der Waals surface area contributed by atoms with Crippen LogP contribution in [0.5, 0.6) is 0 Å². The number of halogens is 12. The van der Waals surface area contributed by atoms with Gasteiger partial charge in [-0.3, -0.25) is 30.0 Å². The van der Waals surface area contributed by atoms with E-state index in [1.165, 1.54) is 18.7 Å². The summed E-state index contributed by atoms with van der Waals surface area (Å²) >= 11 is 0. The van der Waals surface area contributed by atoms with Crippen LogP contribution in [0.2, 0.25) is 0 Å². The molecule has 0 bridgehead atoms. The van der Waals surface area contributed by atoms with Gasteiger partial charge in [0.15, 0.2) is 0 Å². The Balaban J connectivity index is 0.000000368. The normalized spacial score (nSPS) is 18.6. The molecule has 3 radical (unpaired) electrons. The molecule has 8 rings (SSSR count).